The van der Waals surface area contributed by atoms with Crippen LogP contribution in [0.1, 0.15) is 37.8 Å². The Labute approximate surface area is 106 Å². The first-order valence-corrected chi connectivity index (χ1v) is 6.22. The summed E-state index contributed by atoms with van der Waals surface area (Å²) in [7, 11) is 0. The van der Waals surface area contributed by atoms with Crippen LogP contribution in [0.3, 0.4) is 0 Å². The van der Waals surface area contributed by atoms with Gasteiger partial charge in [0.15, 0.2) is 0 Å². The van der Waals surface area contributed by atoms with Crippen molar-refractivity contribution >= 4 is 11.9 Å². The summed E-state index contributed by atoms with van der Waals surface area (Å²) in [6, 6.07) is 7.85. The summed E-state index contributed by atoms with van der Waals surface area (Å²) < 4.78 is 0. The number of amides is 2. The topological polar surface area (TPSA) is 67.5 Å². The van der Waals surface area contributed by atoms with Gasteiger partial charge in [-0.2, -0.15) is 4.99 Å². The average Bonchev–Trinajstić information content (AvgIpc) is 2.61. The summed E-state index contributed by atoms with van der Waals surface area (Å²) in [5, 5.41) is 2.95. The van der Waals surface area contributed by atoms with E-state index < -0.39 is 5.54 Å². The van der Waals surface area contributed by atoms with E-state index in [1.54, 1.807) is 0 Å². The minimum atomic E-state index is -0.580. The fraction of sp³-hybridized carbons (Fsp3) is 0.429. The molecule has 4 nitrogen and oxygen atoms in total. The number of amidine groups is 1. The molecule has 2 aliphatic rings. The number of hydrogen-bond acceptors (Lipinski definition) is 2. The highest BCUT2D eigenvalue weighted by Crippen LogP contribution is 2.45. The smallest absolute Gasteiger partial charge is 0.343 e. The normalized spacial score (nSPS) is 28.8. The molecule has 0 aromatic heterocycles. The Kier molecular flexibility index (Phi) is 2.09. The van der Waals surface area contributed by atoms with Crippen LogP contribution in [-0.2, 0) is 11.0 Å². The van der Waals surface area contributed by atoms with Crippen molar-refractivity contribution in [3.8, 4) is 0 Å². The maximum atomic E-state index is 11.5. The maximum Gasteiger partial charge on any atom is 0.343 e. The lowest BCUT2D eigenvalue weighted by Gasteiger charge is -2.42. The van der Waals surface area contributed by atoms with E-state index in [4.69, 9.17) is 5.73 Å². The van der Waals surface area contributed by atoms with Gasteiger partial charge in [-0.25, -0.2) is 4.79 Å². The van der Waals surface area contributed by atoms with Gasteiger partial charge in [0.25, 0.3) is 0 Å². The number of nitrogens with zero attached hydrogens (tertiary/aromatic N) is 1. The largest absolute Gasteiger partial charge is 0.385 e. The number of urea groups is 1. The van der Waals surface area contributed by atoms with Crippen LogP contribution in [0.4, 0.5) is 4.79 Å². The molecule has 0 saturated heterocycles. The van der Waals surface area contributed by atoms with Crippen LogP contribution in [0, 0.1) is 0 Å². The van der Waals surface area contributed by atoms with Gasteiger partial charge in [-0.15, -0.1) is 0 Å². The van der Waals surface area contributed by atoms with E-state index in [1.807, 2.05) is 18.2 Å². The highest BCUT2D eigenvalue weighted by atomic mass is 16.2. The van der Waals surface area contributed by atoms with E-state index in [0.29, 0.717) is 5.84 Å². The first-order valence-electron chi connectivity index (χ1n) is 6.22. The van der Waals surface area contributed by atoms with Crippen LogP contribution < -0.4 is 11.1 Å². The molecule has 2 amide bonds. The summed E-state index contributed by atoms with van der Waals surface area (Å²) >= 11 is 0. The Hall–Kier alpha value is -1.84. The SMILES string of the molecule is CC1(C)CCC2(NC(=O)N=C2N)c2ccccc21. The Bertz CT molecular complexity index is 562. The second-order valence-corrected chi connectivity index (χ2v) is 5.76. The summed E-state index contributed by atoms with van der Waals surface area (Å²) in [5.41, 5.74) is 7.87. The summed E-state index contributed by atoms with van der Waals surface area (Å²) in [4.78, 5) is 15.4. The molecule has 1 aliphatic heterocycles. The predicted molar refractivity (Wildman–Crippen MR) is 70.5 cm³/mol. The van der Waals surface area contributed by atoms with Crippen molar-refractivity contribution in [1.29, 1.82) is 0 Å². The molecule has 1 spiro atoms. The lowest BCUT2D eigenvalue weighted by atomic mass is 9.65. The highest BCUT2D eigenvalue weighted by molar-refractivity contribution is 6.06. The minimum Gasteiger partial charge on any atom is -0.385 e. The lowest BCUT2D eigenvalue weighted by molar-refractivity contribution is 0.240. The zero-order chi connectivity index (χ0) is 13.0. The molecule has 1 unspecified atom stereocenters. The molecular formula is C14H17N3O. The molecule has 1 heterocycles. The number of nitrogens with two attached hydrogens (primary N) is 1. The Morgan fingerprint density at radius 1 is 1.22 bits per heavy atom. The van der Waals surface area contributed by atoms with E-state index in [1.165, 1.54) is 5.56 Å². The zero-order valence-electron chi connectivity index (χ0n) is 10.7. The monoisotopic (exact) mass is 243 g/mol. The molecule has 1 aromatic carbocycles. The van der Waals surface area contributed by atoms with Gasteiger partial charge in [0.05, 0.1) is 0 Å². The van der Waals surface area contributed by atoms with E-state index in [2.05, 4.69) is 30.2 Å². The third-order valence-corrected chi connectivity index (χ3v) is 4.22. The molecule has 18 heavy (non-hydrogen) atoms. The van der Waals surface area contributed by atoms with E-state index in [-0.39, 0.29) is 11.4 Å². The van der Waals surface area contributed by atoms with Gasteiger partial charge in [-0.1, -0.05) is 38.1 Å². The second-order valence-electron chi connectivity index (χ2n) is 5.76. The quantitative estimate of drug-likeness (QED) is 0.732. The van der Waals surface area contributed by atoms with Crippen LogP contribution in [0.15, 0.2) is 29.3 Å². The molecule has 0 radical (unpaired) electrons. The van der Waals surface area contributed by atoms with Gasteiger partial charge in [0.1, 0.15) is 11.4 Å². The molecule has 0 fully saturated rings. The van der Waals surface area contributed by atoms with Crippen molar-refractivity contribution in [3.63, 3.8) is 0 Å². The molecule has 3 N–H and O–H groups in total. The molecule has 3 rings (SSSR count). The van der Waals surface area contributed by atoms with Crippen molar-refractivity contribution in [2.75, 3.05) is 0 Å². The van der Waals surface area contributed by atoms with Crippen LogP contribution in [0.25, 0.3) is 0 Å². The van der Waals surface area contributed by atoms with Gasteiger partial charge >= 0.3 is 6.03 Å². The van der Waals surface area contributed by atoms with Crippen molar-refractivity contribution in [2.45, 2.75) is 37.6 Å². The van der Waals surface area contributed by atoms with Gasteiger partial charge in [-0.3, -0.25) is 0 Å². The number of nitrogens with one attached hydrogen (secondary N) is 1. The lowest BCUT2D eigenvalue weighted by Crippen LogP contribution is -2.53. The fourth-order valence-corrected chi connectivity index (χ4v) is 3.09. The van der Waals surface area contributed by atoms with E-state index in [9.17, 15) is 4.79 Å². The molecule has 1 aromatic rings. The molecule has 94 valence electrons. The fourth-order valence-electron chi connectivity index (χ4n) is 3.09. The third kappa shape index (κ3) is 1.32. The number of carbonyl (C=O) groups excluding carboxylic acids is 1. The summed E-state index contributed by atoms with van der Waals surface area (Å²) in [6.07, 6.45) is 1.78. The van der Waals surface area contributed by atoms with Crippen LogP contribution in [0.2, 0.25) is 0 Å². The van der Waals surface area contributed by atoms with Gasteiger partial charge in [0.2, 0.25) is 0 Å². The minimum absolute atomic E-state index is 0.107. The molecular weight excluding hydrogens is 226 g/mol. The Balaban J connectivity index is 2.23. The van der Waals surface area contributed by atoms with Gasteiger partial charge < -0.3 is 11.1 Å². The molecule has 4 heteroatoms. The Morgan fingerprint density at radius 2 is 1.89 bits per heavy atom. The number of rotatable bonds is 0. The highest BCUT2D eigenvalue weighted by Gasteiger charge is 2.49. The third-order valence-electron chi connectivity index (χ3n) is 4.22. The van der Waals surface area contributed by atoms with Crippen LogP contribution in [0.5, 0.6) is 0 Å². The predicted octanol–water partition coefficient (Wildman–Crippen LogP) is 2.03. The zero-order valence-corrected chi connectivity index (χ0v) is 10.7. The summed E-state index contributed by atoms with van der Waals surface area (Å²) in [5.74, 6) is 0.399. The standard InChI is InChI=1S/C14H17N3O/c1-13(2)7-8-14(11(15)16-12(18)17-14)10-6-4-3-5-9(10)13/h3-6H,7-8H2,1-2H3,(H3,15,16,17,18). The van der Waals surface area contributed by atoms with E-state index >= 15 is 0 Å². The maximum absolute atomic E-state index is 11.5. The van der Waals surface area contributed by atoms with Crippen molar-refractivity contribution < 1.29 is 4.79 Å². The van der Waals surface area contributed by atoms with Crippen LogP contribution in [-0.4, -0.2) is 11.9 Å². The average molecular weight is 243 g/mol. The first kappa shape index (κ1) is 11.3. The second kappa shape index (κ2) is 3.34. The Morgan fingerprint density at radius 3 is 2.50 bits per heavy atom. The van der Waals surface area contributed by atoms with Gasteiger partial charge in [-0.05, 0) is 29.4 Å². The van der Waals surface area contributed by atoms with Crippen molar-refractivity contribution in [2.24, 2.45) is 10.7 Å². The molecule has 0 saturated carbocycles. The first-order chi connectivity index (χ1) is 8.46. The number of hydrogen-bond donors (Lipinski definition) is 2. The molecule has 1 atom stereocenters. The van der Waals surface area contributed by atoms with E-state index in [0.717, 1.165) is 18.4 Å². The van der Waals surface area contributed by atoms with Crippen molar-refractivity contribution in [1.82, 2.24) is 5.32 Å². The molecule has 0 bridgehead atoms. The summed E-state index contributed by atoms with van der Waals surface area (Å²) in [6.45, 7) is 4.45. The number of carbonyl (C=O) groups is 1. The number of fused-ring (bicyclic) bond motifs is 2. The van der Waals surface area contributed by atoms with Crippen LogP contribution >= 0.6 is 0 Å². The van der Waals surface area contributed by atoms with Crippen molar-refractivity contribution in [3.05, 3.63) is 35.4 Å². The number of aliphatic imine (C=N–C) groups is 1. The number of benzene rings is 1. The molecule has 1 aliphatic carbocycles. The van der Waals surface area contributed by atoms with Gasteiger partial charge in [0, 0.05) is 0 Å².